The fourth-order valence-electron chi connectivity index (χ4n) is 3.70. The van der Waals surface area contributed by atoms with E-state index in [0.29, 0.717) is 17.8 Å². The Morgan fingerprint density at radius 1 is 1.03 bits per heavy atom. The molecule has 4 aromatic rings. The standard InChI is InChI=1S/C27H29N5O3/c1-18-22-16-20(17-28-24(22)32(31-18)21-13-9-6-10-14-21)29-25(33)23(15-19-11-7-5-8-12-19)30-26(34)35-27(2,3)4/h5-14,16-17,23H,15H2,1-4H3,(H,29,33)(H,30,34). The van der Waals surface area contributed by atoms with Crippen molar-refractivity contribution in [3.63, 3.8) is 0 Å². The molecule has 0 spiro atoms. The Hall–Kier alpha value is -4.20. The maximum absolute atomic E-state index is 13.2. The highest BCUT2D eigenvalue weighted by Gasteiger charge is 2.25. The van der Waals surface area contributed by atoms with Crippen molar-refractivity contribution in [2.24, 2.45) is 0 Å². The lowest BCUT2D eigenvalue weighted by Crippen LogP contribution is -2.47. The number of nitrogens with zero attached hydrogens (tertiary/aromatic N) is 3. The molecular formula is C27H29N5O3. The first-order valence-electron chi connectivity index (χ1n) is 11.4. The van der Waals surface area contributed by atoms with Crippen LogP contribution < -0.4 is 10.6 Å². The number of rotatable bonds is 6. The van der Waals surface area contributed by atoms with E-state index < -0.39 is 17.7 Å². The van der Waals surface area contributed by atoms with Gasteiger partial charge in [0.25, 0.3) is 0 Å². The number of hydrogen-bond acceptors (Lipinski definition) is 5. The molecule has 4 rings (SSSR count). The number of pyridine rings is 1. The van der Waals surface area contributed by atoms with E-state index in [4.69, 9.17) is 4.74 Å². The molecule has 2 N–H and O–H groups in total. The molecule has 0 bridgehead atoms. The quantitative estimate of drug-likeness (QED) is 0.421. The van der Waals surface area contributed by atoms with Crippen molar-refractivity contribution in [2.45, 2.75) is 45.8 Å². The second kappa shape index (κ2) is 9.97. The summed E-state index contributed by atoms with van der Waals surface area (Å²) in [7, 11) is 0. The maximum Gasteiger partial charge on any atom is 0.408 e. The number of fused-ring (bicyclic) bond motifs is 1. The third-order valence-electron chi connectivity index (χ3n) is 5.27. The highest BCUT2D eigenvalue weighted by molar-refractivity contribution is 5.98. The van der Waals surface area contributed by atoms with Crippen LogP contribution in [-0.4, -0.2) is 38.4 Å². The highest BCUT2D eigenvalue weighted by atomic mass is 16.6. The van der Waals surface area contributed by atoms with Gasteiger partial charge >= 0.3 is 6.09 Å². The van der Waals surface area contributed by atoms with Gasteiger partial charge in [0, 0.05) is 11.8 Å². The first kappa shape index (κ1) is 23.9. The normalized spacial score (nSPS) is 12.2. The van der Waals surface area contributed by atoms with Crippen molar-refractivity contribution in [3.05, 3.63) is 84.2 Å². The van der Waals surface area contributed by atoms with Crippen molar-refractivity contribution in [2.75, 3.05) is 5.32 Å². The first-order chi connectivity index (χ1) is 16.7. The highest BCUT2D eigenvalue weighted by Crippen LogP contribution is 2.23. The number of aromatic nitrogens is 3. The van der Waals surface area contributed by atoms with E-state index >= 15 is 0 Å². The molecule has 0 radical (unpaired) electrons. The molecule has 8 nitrogen and oxygen atoms in total. The van der Waals surface area contributed by atoms with Gasteiger partial charge in [0.15, 0.2) is 5.65 Å². The van der Waals surface area contributed by atoms with Crippen LogP contribution in [0.5, 0.6) is 0 Å². The van der Waals surface area contributed by atoms with Crippen molar-refractivity contribution in [3.8, 4) is 5.69 Å². The lowest BCUT2D eigenvalue weighted by Gasteiger charge is -2.23. The van der Waals surface area contributed by atoms with Crippen LogP contribution in [0.15, 0.2) is 72.9 Å². The fourth-order valence-corrected chi connectivity index (χ4v) is 3.70. The maximum atomic E-state index is 13.2. The Morgan fingerprint density at radius 3 is 2.34 bits per heavy atom. The van der Waals surface area contributed by atoms with Crippen LogP contribution in [0.25, 0.3) is 16.7 Å². The number of benzene rings is 2. The molecule has 2 amide bonds. The molecule has 8 heteroatoms. The van der Waals surface area contributed by atoms with Gasteiger partial charge in [0.2, 0.25) is 5.91 Å². The van der Waals surface area contributed by atoms with Gasteiger partial charge in [-0.2, -0.15) is 5.10 Å². The van der Waals surface area contributed by atoms with Gasteiger partial charge in [-0.3, -0.25) is 4.79 Å². The molecule has 1 unspecified atom stereocenters. The number of carbonyl (C=O) groups is 2. The molecule has 1 atom stereocenters. The average molecular weight is 472 g/mol. The summed E-state index contributed by atoms with van der Waals surface area (Å²) in [6.07, 6.45) is 1.25. The van der Waals surface area contributed by atoms with Crippen molar-refractivity contribution < 1.29 is 14.3 Å². The van der Waals surface area contributed by atoms with Crippen LogP contribution in [0, 0.1) is 6.92 Å². The summed E-state index contributed by atoms with van der Waals surface area (Å²) in [6.45, 7) is 7.23. The Morgan fingerprint density at radius 2 is 1.69 bits per heavy atom. The van der Waals surface area contributed by atoms with E-state index in [1.165, 1.54) is 0 Å². The molecule has 0 aliphatic rings. The summed E-state index contributed by atoms with van der Waals surface area (Å²) in [5.74, 6) is -0.367. The van der Waals surface area contributed by atoms with E-state index in [0.717, 1.165) is 22.3 Å². The van der Waals surface area contributed by atoms with Gasteiger partial charge in [-0.15, -0.1) is 0 Å². The molecule has 180 valence electrons. The average Bonchev–Trinajstić information content (AvgIpc) is 3.14. The lowest BCUT2D eigenvalue weighted by atomic mass is 10.1. The molecule has 2 aromatic heterocycles. The molecule has 0 aliphatic carbocycles. The van der Waals surface area contributed by atoms with Crippen LogP contribution in [0.4, 0.5) is 10.5 Å². The summed E-state index contributed by atoms with van der Waals surface area (Å²) < 4.78 is 7.15. The lowest BCUT2D eigenvalue weighted by molar-refractivity contribution is -0.118. The zero-order chi connectivity index (χ0) is 25.0. The third kappa shape index (κ3) is 6.03. The number of carbonyl (C=O) groups excluding carboxylic acids is 2. The zero-order valence-electron chi connectivity index (χ0n) is 20.3. The number of amides is 2. The SMILES string of the molecule is Cc1nn(-c2ccccc2)c2ncc(NC(=O)C(Cc3ccccc3)NC(=O)OC(C)(C)C)cc12. The third-order valence-corrected chi connectivity index (χ3v) is 5.27. The summed E-state index contributed by atoms with van der Waals surface area (Å²) in [5.41, 5.74) is 3.14. The molecule has 2 heterocycles. The summed E-state index contributed by atoms with van der Waals surface area (Å²) in [5, 5.41) is 11.0. The Bertz CT molecular complexity index is 1330. The largest absolute Gasteiger partial charge is 0.444 e. The predicted molar refractivity (Wildman–Crippen MR) is 136 cm³/mol. The first-order valence-corrected chi connectivity index (χ1v) is 11.4. The molecular weight excluding hydrogens is 442 g/mol. The minimum absolute atomic E-state index is 0.312. The zero-order valence-corrected chi connectivity index (χ0v) is 20.3. The number of alkyl carbamates (subject to hydrolysis) is 1. The van der Waals surface area contributed by atoms with Gasteiger partial charge in [0.05, 0.1) is 23.3 Å². The monoisotopic (exact) mass is 471 g/mol. The van der Waals surface area contributed by atoms with Gasteiger partial charge in [-0.25, -0.2) is 14.5 Å². The fraction of sp³-hybridized carbons (Fsp3) is 0.259. The predicted octanol–water partition coefficient (Wildman–Crippen LogP) is 4.80. The molecule has 2 aromatic carbocycles. The number of ether oxygens (including phenoxy) is 1. The molecule has 0 saturated heterocycles. The van der Waals surface area contributed by atoms with Crippen LogP contribution in [0.2, 0.25) is 0 Å². The van der Waals surface area contributed by atoms with Crippen LogP contribution >= 0.6 is 0 Å². The minimum Gasteiger partial charge on any atom is -0.444 e. The molecule has 0 aliphatic heterocycles. The van der Waals surface area contributed by atoms with Gasteiger partial charge in [0.1, 0.15) is 11.6 Å². The summed E-state index contributed by atoms with van der Waals surface area (Å²) in [6, 6.07) is 20.3. The van der Waals surface area contributed by atoms with Crippen molar-refractivity contribution in [1.29, 1.82) is 0 Å². The number of hydrogen-bond donors (Lipinski definition) is 2. The second-order valence-electron chi connectivity index (χ2n) is 9.31. The van der Waals surface area contributed by atoms with E-state index in [2.05, 4.69) is 20.7 Å². The van der Waals surface area contributed by atoms with Gasteiger partial charge < -0.3 is 15.4 Å². The van der Waals surface area contributed by atoms with Crippen LogP contribution in [0.1, 0.15) is 32.0 Å². The summed E-state index contributed by atoms with van der Waals surface area (Å²) in [4.78, 5) is 30.2. The Labute approximate surface area is 204 Å². The molecule has 0 fully saturated rings. The number of anilines is 1. The van der Waals surface area contributed by atoms with Gasteiger partial charge in [-0.1, -0.05) is 48.5 Å². The minimum atomic E-state index is -0.837. The van der Waals surface area contributed by atoms with Crippen LogP contribution in [0.3, 0.4) is 0 Å². The van der Waals surface area contributed by atoms with E-state index in [1.807, 2.05) is 73.7 Å². The van der Waals surface area contributed by atoms with Crippen molar-refractivity contribution in [1.82, 2.24) is 20.1 Å². The number of aryl methyl sites for hydroxylation is 1. The topological polar surface area (TPSA) is 98.1 Å². The Kier molecular flexibility index (Phi) is 6.82. The number of para-hydroxylation sites is 1. The van der Waals surface area contributed by atoms with E-state index in [1.54, 1.807) is 31.6 Å². The van der Waals surface area contributed by atoms with Gasteiger partial charge in [-0.05, 0) is 51.5 Å². The smallest absolute Gasteiger partial charge is 0.408 e. The van der Waals surface area contributed by atoms with Crippen LogP contribution in [-0.2, 0) is 16.0 Å². The van der Waals surface area contributed by atoms with E-state index in [9.17, 15) is 9.59 Å². The van der Waals surface area contributed by atoms with E-state index in [-0.39, 0.29) is 5.91 Å². The Balaban J connectivity index is 1.57. The second-order valence-corrected chi connectivity index (χ2v) is 9.31. The molecule has 0 saturated carbocycles. The van der Waals surface area contributed by atoms with Crippen molar-refractivity contribution >= 4 is 28.7 Å². The summed E-state index contributed by atoms with van der Waals surface area (Å²) >= 11 is 0. The molecule has 35 heavy (non-hydrogen) atoms. The number of nitrogens with one attached hydrogen (secondary N) is 2.